The first-order chi connectivity index (χ1) is 33.6. The van der Waals surface area contributed by atoms with E-state index in [1.807, 2.05) is 0 Å². The van der Waals surface area contributed by atoms with Crippen molar-refractivity contribution in [3.63, 3.8) is 0 Å². The van der Waals surface area contributed by atoms with E-state index in [0.717, 1.165) is 54.7 Å². The third-order valence-corrected chi connectivity index (χ3v) is 14.3. The van der Waals surface area contributed by atoms with Crippen LogP contribution < -0.4 is 0 Å². The van der Waals surface area contributed by atoms with Crippen molar-refractivity contribution in [2.75, 3.05) is 6.61 Å². The molecule has 71 heavy (non-hydrogen) atoms. The Morgan fingerprint density at radius 3 is 1.55 bits per heavy atom. The molecule has 3 rings (SSSR count). The zero-order valence-corrected chi connectivity index (χ0v) is 46.4. The van der Waals surface area contributed by atoms with E-state index >= 15 is 0 Å². The smallest absolute Gasteiger partial charge is 0.305 e. The second kappa shape index (κ2) is 31.8. The summed E-state index contributed by atoms with van der Waals surface area (Å²) in [6, 6.07) is 0. The number of hydrogen-bond donors (Lipinski definition) is 4. The number of esters is 1. The van der Waals surface area contributed by atoms with Crippen molar-refractivity contribution in [2.24, 2.45) is 16.7 Å². The number of rotatable bonds is 28. The predicted octanol–water partition coefficient (Wildman–Crippen LogP) is 14.6. The van der Waals surface area contributed by atoms with Crippen LogP contribution >= 0.6 is 0 Å². The van der Waals surface area contributed by atoms with Gasteiger partial charge in [0.15, 0.2) is 6.29 Å². The molecule has 0 saturated carbocycles. The van der Waals surface area contributed by atoms with E-state index in [0.29, 0.717) is 19.3 Å². The first-order valence-corrected chi connectivity index (χ1v) is 27.3. The quantitative estimate of drug-likeness (QED) is 0.0347. The van der Waals surface area contributed by atoms with Crippen LogP contribution in [0.1, 0.15) is 192 Å². The molecular weight excluding hydrogens is 885 g/mol. The van der Waals surface area contributed by atoms with Gasteiger partial charge in [0.25, 0.3) is 0 Å². The first-order valence-electron chi connectivity index (χ1n) is 27.3. The Hall–Kier alpha value is -3.63. The second-order valence-corrected chi connectivity index (χ2v) is 22.8. The van der Waals surface area contributed by atoms with E-state index < -0.39 is 30.7 Å². The van der Waals surface area contributed by atoms with E-state index in [1.54, 1.807) is 0 Å². The van der Waals surface area contributed by atoms with Crippen LogP contribution in [0.5, 0.6) is 0 Å². The normalized spacial score (nSPS) is 26.2. The van der Waals surface area contributed by atoms with Crippen LogP contribution in [0.2, 0.25) is 0 Å². The average Bonchev–Trinajstić information content (AvgIpc) is 3.27. The fourth-order valence-corrected chi connectivity index (χ4v) is 10.2. The summed E-state index contributed by atoms with van der Waals surface area (Å²) in [6.07, 6.45) is 40.2. The number of ether oxygens (including phenoxy) is 3. The number of unbranched alkanes of at least 4 members (excludes halogenated alkanes) is 10. The van der Waals surface area contributed by atoms with E-state index in [1.165, 1.54) is 85.7 Å². The summed E-state index contributed by atoms with van der Waals surface area (Å²) < 4.78 is 17.8. The third-order valence-electron chi connectivity index (χ3n) is 14.3. The highest BCUT2D eigenvalue weighted by molar-refractivity contribution is 5.69. The van der Waals surface area contributed by atoms with Gasteiger partial charge < -0.3 is 34.6 Å². The van der Waals surface area contributed by atoms with Crippen molar-refractivity contribution >= 4 is 5.97 Å². The van der Waals surface area contributed by atoms with Crippen LogP contribution in [-0.4, -0.2) is 75.9 Å². The van der Waals surface area contributed by atoms with Gasteiger partial charge in [-0.3, -0.25) is 4.79 Å². The summed E-state index contributed by atoms with van der Waals surface area (Å²) in [4.78, 5) is 12.6. The molecule has 8 heteroatoms. The summed E-state index contributed by atoms with van der Waals surface area (Å²) in [5, 5.41) is 42.5. The highest BCUT2D eigenvalue weighted by Gasteiger charge is 2.46. The van der Waals surface area contributed by atoms with Gasteiger partial charge in [0.2, 0.25) is 0 Å². The molecule has 7 atom stereocenters. The summed E-state index contributed by atoms with van der Waals surface area (Å²) in [7, 11) is 0. The molecule has 2 aliphatic carbocycles. The maximum Gasteiger partial charge on any atom is 0.305 e. The number of carbonyl (C=O) groups excluding carboxylic acids is 1. The molecule has 0 aromatic heterocycles. The summed E-state index contributed by atoms with van der Waals surface area (Å²) in [5.41, 5.74) is 9.33. The van der Waals surface area contributed by atoms with Gasteiger partial charge in [-0.15, -0.1) is 0 Å². The lowest BCUT2D eigenvalue weighted by Gasteiger charge is -2.43. The zero-order valence-electron chi connectivity index (χ0n) is 46.4. The van der Waals surface area contributed by atoms with Gasteiger partial charge in [0, 0.05) is 6.42 Å². The fourth-order valence-electron chi connectivity index (χ4n) is 10.2. The summed E-state index contributed by atoms with van der Waals surface area (Å²) >= 11 is 0. The topological polar surface area (TPSA) is 126 Å². The highest BCUT2D eigenvalue weighted by Crippen LogP contribution is 2.43. The minimum Gasteiger partial charge on any atom is -0.463 e. The van der Waals surface area contributed by atoms with Crippen LogP contribution in [0.4, 0.5) is 0 Å². The largest absolute Gasteiger partial charge is 0.463 e. The molecule has 0 radical (unpaired) electrons. The molecule has 1 heterocycles. The highest BCUT2D eigenvalue weighted by atomic mass is 16.7. The van der Waals surface area contributed by atoms with Crippen LogP contribution in [-0.2, 0) is 19.0 Å². The summed E-state index contributed by atoms with van der Waals surface area (Å²) in [6.45, 7) is 25.7. The molecule has 0 bridgehead atoms. The Balaban J connectivity index is 1.42. The molecule has 0 aromatic rings. The average molecular weight is 983 g/mol. The van der Waals surface area contributed by atoms with Crippen LogP contribution in [0.15, 0.2) is 130 Å². The van der Waals surface area contributed by atoms with E-state index in [-0.39, 0.29) is 35.6 Å². The van der Waals surface area contributed by atoms with Crippen molar-refractivity contribution in [1.82, 2.24) is 0 Å². The Kier molecular flexibility index (Phi) is 27.7. The van der Waals surface area contributed by atoms with Gasteiger partial charge in [-0.25, -0.2) is 0 Å². The molecule has 1 aliphatic heterocycles. The van der Waals surface area contributed by atoms with Crippen LogP contribution in [0.25, 0.3) is 0 Å². The Morgan fingerprint density at radius 2 is 1.06 bits per heavy atom. The van der Waals surface area contributed by atoms with Gasteiger partial charge in [-0.05, 0) is 102 Å². The van der Waals surface area contributed by atoms with Gasteiger partial charge in [-0.2, -0.15) is 0 Å². The second-order valence-electron chi connectivity index (χ2n) is 22.8. The lowest BCUT2D eigenvalue weighted by molar-refractivity contribution is -0.313. The first kappa shape index (κ1) is 61.7. The van der Waals surface area contributed by atoms with E-state index in [4.69, 9.17) is 14.2 Å². The molecule has 398 valence electrons. The fraction of sp³-hybridized carbons (Fsp3) is 0.635. The number of aliphatic hydroxyl groups excluding tert-OH is 4. The van der Waals surface area contributed by atoms with Crippen molar-refractivity contribution in [3.8, 4) is 0 Å². The van der Waals surface area contributed by atoms with E-state index in [2.05, 4.69) is 168 Å². The molecule has 0 spiro atoms. The summed E-state index contributed by atoms with van der Waals surface area (Å²) in [5.74, 6) is 0.453. The third kappa shape index (κ3) is 23.4. The Bertz CT molecular complexity index is 1990. The van der Waals surface area contributed by atoms with Gasteiger partial charge >= 0.3 is 5.97 Å². The number of allylic oxidation sites excluding steroid dienone is 20. The van der Waals surface area contributed by atoms with Crippen molar-refractivity contribution in [3.05, 3.63) is 130 Å². The molecule has 4 N–H and O–H groups in total. The minimum absolute atomic E-state index is 0.0231. The van der Waals surface area contributed by atoms with E-state index in [9.17, 15) is 25.2 Å². The van der Waals surface area contributed by atoms with Crippen molar-refractivity contribution in [1.29, 1.82) is 0 Å². The molecular formula is C63H98O8. The standard InChI is InChI=1S/C63H98O8/c1-45(2)28-22-20-18-16-14-13-15-17-19-21-23-35-57(65)69-44-56-58(66)59(67)60(68)61(71-56)70-53-41-51(8)55(63(11,12)43-53)39-37-49(6)34-27-32-47(4)30-25-24-29-46(3)31-26-33-48(5)36-38-54-50(7)40-52(64)42-62(54,9)10/h24-27,29-34,36-39,45,52-53,56,58-61,64,66-68H,13-23,28,35,40-44H2,1-12H3/b25-24+,31-26+,32-27+,38-36+,39-37+,46-29+,47-30+,48-33+,49-34+/t52-,53-,56-,58-,59?,60?,61-/m1/s1. The number of aliphatic hydroxyl groups is 4. The molecule has 0 amide bonds. The SMILES string of the molecule is CC1=C(/C=C/C(C)=C/C=C/C(C)=C/C=C/C=C(C)/C=C/C=C(C)/C=C/C2=C(C)C[C@@H](O[C@@H]3O[C@H](COC(=O)CCCCCCCCCCCCCC(C)C)[C@@H](O)C(O)C3O)CC2(C)C)C(C)(C)C[C@H](O)C1. The lowest BCUT2D eigenvalue weighted by atomic mass is 9.71. The monoisotopic (exact) mass is 983 g/mol. The van der Waals surface area contributed by atoms with Gasteiger partial charge in [-0.1, -0.05) is 231 Å². The molecule has 1 saturated heterocycles. The molecule has 2 unspecified atom stereocenters. The van der Waals surface area contributed by atoms with Crippen LogP contribution in [0, 0.1) is 16.7 Å². The number of hydrogen-bond acceptors (Lipinski definition) is 8. The van der Waals surface area contributed by atoms with Crippen molar-refractivity contribution < 1.29 is 39.4 Å². The molecule has 1 fully saturated rings. The zero-order chi connectivity index (χ0) is 52.6. The maximum absolute atomic E-state index is 12.6. The Labute approximate surface area is 431 Å². The molecule has 0 aromatic carbocycles. The molecule has 8 nitrogen and oxygen atoms in total. The lowest BCUT2D eigenvalue weighted by Crippen LogP contribution is -2.60. The van der Waals surface area contributed by atoms with Crippen molar-refractivity contribution in [2.45, 2.75) is 235 Å². The minimum atomic E-state index is -1.50. The number of carbonyl (C=O) groups is 1. The molecule has 3 aliphatic rings. The van der Waals surface area contributed by atoms with Crippen LogP contribution in [0.3, 0.4) is 0 Å². The van der Waals surface area contributed by atoms with Gasteiger partial charge in [0.05, 0.1) is 12.2 Å². The van der Waals surface area contributed by atoms with Gasteiger partial charge in [0.1, 0.15) is 31.0 Å². The maximum atomic E-state index is 12.6. The predicted molar refractivity (Wildman–Crippen MR) is 296 cm³/mol. The Morgan fingerprint density at radius 1 is 0.606 bits per heavy atom.